The molecule has 0 amide bonds. The second-order valence-electron chi connectivity index (χ2n) is 6.71. The number of carboxylic acid groups (broad SMARTS) is 1. The van der Waals surface area contributed by atoms with Gasteiger partial charge in [0.2, 0.25) is 0 Å². The van der Waals surface area contributed by atoms with Gasteiger partial charge in [-0.2, -0.15) is 0 Å². The summed E-state index contributed by atoms with van der Waals surface area (Å²) in [6.07, 6.45) is 5.72. The molecule has 142 valence electrons. The summed E-state index contributed by atoms with van der Waals surface area (Å²) >= 11 is 7.44. The van der Waals surface area contributed by atoms with Gasteiger partial charge < -0.3 is 10.4 Å². The summed E-state index contributed by atoms with van der Waals surface area (Å²) in [6.45, 7) is 4.17. The van der Waals surface area contributed by atoms with Crippen LogP contribution >= 0.6 is 22.9 Å². The molecule has 3 rings (SSSR count). The van der Waals surface area contributed by atoms with Crippen molar-refractivity contribution in [1.29, 1.82) is 0 Å². The van der Waals surface area contributed by atoms with E-state index in [1.807, 2.05) is 6.07 Å². The van der Waals surface area contributed by atoms with Gasteiger partial charge in [0, 0.05) is 16.8 Å². The minimum Gasteiger partial charge on any atom is -0.477 e. The molecule has 2 atom stereocenters. The van der Waals surface area contributed by atoms with Crippen LogP contribution in [0.2, 0.25) is 0 Å². The molecule has 0 spiro atoms. The van der Waals surface area contributed by atoms with Crippen LogP contribution in [0.3, 0.4) is 0 Å². The average molecular weight is 394 g/mol. The maximum absolute atomic E-state index is 10.4. The van der Waals surface area contributed by atoms with Crippen molar-refractivity contribution < 1.29 is 9.90 Å². The lowest BCUT2D eigenvalue weighted by Crippen LogP contribution is -2.21. The van der Waals surface area contributed by atoms with Crippen molar-refractivity contribution in [1.82, 2.24) is 5.32 Å². The number of thiophene rings is 1. The second-order valence-corrected chi connectivity index (χ2v) is 8.50. The molecule has 5 heteroatoms. The molecule has 26 heavy (non-hydrogen) atoms. The fourth-order valence-electron chi connectivity index (χ4n) is 3.09. The van der Waals surface area contributed by atoms with Gasteiger partial charge in [-0.05, 0) is 55.8 Å². The number of nitrogens with one attached hydrogen (secondary N) is 1. The predicted molar refractivity (Wildman–Crippen MR) is 110 cm³/mol. The van der Waals surface area contributed by atoms with Crippen LogP contribution in [0.1, 0.15) is 52.7 Å². The molecule has 2 aromatic rings. The fourth-order valence-corrected chi connectivity index (χ4v) is 4.42. The SMILES string of the molecule is CCCc1ccc(C(=O)O)s1.Cl[C@@H]1CC[C@H](CNCc2ccccc2)C1. The van der Waals surface area contributed by atoms with Crippen LogP contribution < -0.4 is 5.32 Å². The minimum absolute atomic E-state index is 0.425. The third kappa shape index (κ3) is 7.48. The van der Waals surface area contributed by atoms with Gasteiger partial charge in [-0.25, -0.2) is 4.79 Å². The van der Waals surface area contributed by atoms with E-state index in [-0.39, 0.29) is 0 Å². The maximum atomic E-state index is 10.4. The molecular weight excluding hydrogens is 366 g/mol. The molecule has 1 aromatic heterocycles. The fraction of sp³-hybridized carbons (Fsp3) is 0.476. The van der Waals surface area contributed by atoms with Crippen molar-refractivity contribution >= 4 is 28.9 Å². The van der Waals surface area contributed by atoms with Crippen LogP contribution in [0.4, 0.5) is 0 Å². The first kappa shape index (κ1) is 20.9. The Morgan fingerprint density at radius 1 is 1.23 bits per heavy atom. The third-order valence-corrected chi connectivity index (χ3v) is 5.98. The lowest BCUT2D eigenvalue weighted by Gasteiger charge is -2.10. The van der Waals surface area contributed by atoms with Gasteiger partial charge in [0.1, 0.15) is 4.88 Å². The van der Waals surface area contributed by atoms with Crippen molar-refractivity contribution in [2.75, 3.05) is 6.54 Å². The smallest absolute Gasteiger partial charge is 0.345 e. The monoisotopic (exact) mass is 393 g/mol. The summed E-state index contributed by atoms with van der Waals surface area (Å²) in [5.74, 6) is -0.0337. The highest BCUT2D eigenvalue weighted by molar-refractivity contribution is 7.13. The molecule has 2 N–H and O–H groups in total. The molecule has 3 nitrogen and oxygen atoms in total. The first-order valence-corrected chi connectivity index (χ1v) is 10.5. The molecule has 1 heterocycles. The van der Waals surface area contributed by atoms with Crippen LogP contribution in [-0.4, -0.2) is 23.0 Å². The zero-order valence-corrected chi connectivity index (χ0v) is 16.9. The maximum Gasteiger partial charge on any atom is 0.345 e. The van der Waals surface area contributed by atoms with E-state index in [9.17, 15) is 4.79 Å². The van der Waals surface area contributed by atoms with Crippen molar-refractivity contribution in [3.63, 3.8) is 0 Å². The summed E-state index contributed by atoms with van der Waals surface area (Å²) in [7, 11) is 0. The lowest BCUT2D eigenvalue weighted by atomic mass is 10.1. The molecule has 1 aromatic carbocycles. The van der Waals surface area contributed by atoms with Crippen molar-refractivity contribution in [3.8, 4) is 0 Å². The number of alkyl halides is 1. The van der Waals surface area contributed by atoms with Gasteiger partial charge in [0.05, 0.1) is 0 Å². The van der Waals surface area contributed by atoms with E-state index < -0.39 is 5.97 Å². The van der Waals surface area contributed by atoms with Crippen LogP contribution in [-0.2, 0) is 13.0 Å². The highest BCUT2D eigenvalue weighted by atomic mass is 35.5. The van der Waals surface area contributed by atoms with E-state index in [4.69, 9.17) is 16.7 Å². The number of halogens is 1. The molecule has 0 radical (unpaired) electrons. The van der Waals surface area contributed by atoms with E-state index in [1.54, 1.807) is 6.07 Å². The Morgan fingerprint density at radius 3 is 2.58 bits per heavy atom. The zero-order chi connectivity index (χ0) is 18.8. The quantitative estimate of drug-likeness (QED) is 0.603. The number of hydrogen-bond donors (Lipinski definition) is 2. The topological polar surface area (TPSA) is 49.3 Å². The molecule has 0 aliphatic heterocycles. The number of hydrogen-bond acceptors (Lipinski definition) is 3. The van der Waals surface area contributed by atoms with Gasteiger partial charge in [0.15, 0.2) is 0 Å². The number of aromatic carboxylic acids is 1. The number of carbonyl (C=O) groups is 1. The average Bonchev–Trinajstić information content (AvgIpc) is 3.26. The van der Waals surface area contributed by atoms with Gasteiger partial charge in [0.25, 0.3) is 0 Å². The minimum atomic E-state index is -0.822. The lowest BCUT2D eigenvalue weighted by molar-refractivity contribution is 0.0702. The molecule has 0 unspecified atom stereocenters. The van der Waals surface area contributed by atoms with Gasteiger partial charge in [-0.15, -0.1) is 22.9 Å². The van der Waals surface area contributed by atoms with Crippen LogP contribution in [0.25, 0.3) is 0 Å². The highest BCUT2D eigenvalue weighted by Crippen LogP contribution is 2.28. The first-order valence-electron chi connectivity index (χ1n) is 9.29. The van der Waals surface area contributed by atoms with Crippen molar-refractivity contribution in [2.45, 2.75) is 50.9 Å². The Bertz CT molecular complexity index is 659. The van der Waals surface area contributed by atoms with Crippen LogP contribution in [0.15, 0.2) is 42.5 Å². The molecule has 1 saturated carbocycles. The standard InChI is InChI=1S/C13H18ClN.C8H10O2S/c14-13-7-6-12(8-13)10-15-9-11-4-2-1-3-5-11;1-2-3-6-4-5-7(11-6)8(9)10/h1-5,12-13,15H,6-10H2;4-5H,2-3H2,1H3,(H,9,10)/t12-,13+;/m0./s1. The predicted octanol–water partition coefficient (Wildman–Crippen LogP) is 5.58. The Balaban J connectivity index is 0.000000197. The number of benzene rings is 1. The molecule has 0 bridgehead atoms. The summed E-state index contributed by atoms with van der Waals surface area (Å²) in [4.78, 5) is 12.0. The molecule has 0 saturated heterocycles. The molecular formula is C21H28ClNO2S. The van der Waals surface area contributed by atoms with Crippen LogP contribution in [0, 0.1) is 5.92 Å². The summed E-state index contributed by atoms with van der Waals surface area (Å²) < 4.78 is 0. The zero-order valence-electron chi connectivity index (χ0n) is 15.3. The number of carboxylic acids is 1. The summed E-state index contributed by atoms with van der Waals surface area (Å²) in [6, 6.07) is 14.1. The number of aryl methyl sites for hydroxylation is 1. The van der Waals surface area contributed by atoms with E-state index in [0.717, 1.165) is 36.7 Å². The van der Waals surface area contributed by atoms with E-state index >= 15 is 0 Å². The molecule has 1 fully saturated rings. The van der Waals surface area contributed by atoms with E-state index in [1.165, 1.54) is 36.2 Å². The molecule has 1 aliphatic rings. The second kappa shape index (κ2) is 11.4. The first-order chi connectivity index (χ1) is 12.6. The molecule has 1 aliphatic carbocycles. The third-order valence-electron chi connectivity index (χ3n) is 4.45. The summed E-state index contributed by atoms with van der Waals surface area (Å²) in [5, 5.41) is 12.5. The highest BCUT2D eigenvalue weighted by Gasteiger charge is 2.22. The largest absolute Gasteiger partial charge is 0.477 e. The van der Waals surface area contributed by atoms with Crippen molar-refractivity contribution in [2.24, 2.45) is 5.92 Å². The summed E-state index contributed by atoms with van der Waals surface area (Å²) in [5.41, 5.74) is 1.36. The number of rotatable bonds is 7. The Kier molecular flexibility index (Phi) is 9.16. The van der Waals surface area contributed by atoms with Crippen molar-refractivity contribution in [3.05, 3.63) is 57.8 Å². The Hall–Kier alpha value is -1.36. The Labute approximate surface area is 165 Å². The van der Waals surface area contributed by atoms with Gasteiger partial charge in [-0.3, -0.25) is 0 Å². The Morgan fingerprint density at radius 2 is 2.00 bits per heavy atom. The van der Waals surface area contributed by atoms with Crippen LogP contribution in [0.5, 0.6) is 0 Å². The normalized spacial score (nSPS) is 19.0. The van der Waals surface area contributed by atoms with E-state index in [0.29, 0.717) is 10.3 Å². The van der Waals surface area contributed by atoms with E-state index in [2.05, 4.69) is 42.6 Å². The van der Waals surface area contributed by atoms with Gasteiger partial charge >= 0.3 is 5.97 Å². The van der Waals surface area contributed by atoms with Gasteiger partial charge in [-0.1, -0.05) is 43.7 Å².